The van der Waals surface area contributed by atoms with Crippen molar-refractivity contribution >= 4 is 10.2 Å². The summed E-state index contributed by atoms with van der Waals surface area (Å²) in [5.74, 6) is 0. The zero-order valence-electron chi connectivity index (χ0n) is 9.89. The van der Waals surface area contributed by atoms with Crippen molar-refractivity contribution in [2.75, 3.05) is 32.8 Å². The van der Waals surface area contributed by atoms with Gasteiger partial charge in [0.15, 0.2) is 0 Å². The minimum Gasteiger partial charge on any atom is -0.389 e. The van der Waals surface area contributed by atoms with Crippen molar-refractivity contribution < 1.29 is 18.3 Å². The topological polar surface area (TPSA) is 78.9 Å². The van der Waals surface area contributed by atoms with E-state index in [0.717, 1.165) is 12.8 Å². The molecule has 0 aromatic rings. The number of rotatable bonds is 4. The summed E-state index contributed by atoms with van der Waals surface area (Å²) in [4.78, 5) is 0. The van der Waals surface area contributed by atoms with Crippen LogP contribution in [-0.2, 0) is 14.9 Å². The van der Waals surface area contributed by atoms with Crippen LogP contribution < -0.4 is 4.72 Å². The predicted octanol–water partition coefficient (Wildman–Crippen LogP) is -0.542. The van der Waals surface area contributed by atoms with Gasteiger partial charge < -0.3 is 9.84 Å². The number of nitrogens with zero attached hydrogens (tertiary/aromatic N) is 1. The van der Waals surface area contributed by atoms with Crippen LogP contribution in [0.2, 0.25) is 0 Å². The first kappa shape index (κ1) is 13.2. The second kappa shape index (κ2) is 5.19. The third kappa shape index (κ3) is 3.38. The van der Waals surface area contributed by atoms with Crippen molar-refractivity contribution in [3.8, 4) is 0 Å². The van der Waals surface area contributed by atoms with Crippen molar-refractivity contribution in [1.82, 2.24) is 9.03 Å². The summed E-state index contributed by atoms with van der Waals surface area (Å²) < 4.78 is 32.8. The molecule has 6 nitrogen and oxygen atoms in total. The van der Waals surface area contributed by atoms with E-state index in [4.69, 9.17) is 4.74 Å². The molecule has 0 unspecified atom stereocenters. The fraction of sp³-hybridized carbons (Fsp3) is 1.00. The zero-order chi connectivity index (χ0) is 12.4. The second-order valence-electron chi connectivity index (χ2n) is 4.77. The van der Waals surface area contributed by atoms with Gasteiger partial charge in [-0.3, -0.25) is 0 Å². The molecule has 0 aromatic heterocycles. The van der Waals surface area contributed by atoms with Crippen LogP contribution in [0.1, 0.15) is 25.7 Å². The van der Waals surface area contributed by atoms with Crippen molar-refractivity contribution in [1.29, 1.82) is 0 Å². The molecule has 2 rings (SSSR count). The molecule has 0 radical (unpaired) electrons. The van der Waals surface area contributed by atoms with E-state index >= 15 is 0 Å². The Bertz CT molecular complexity index is 345. The summed E-state index contributed by atoms with van der Waals surface area (Å²) in [5, 5.41) is 10.1. The predicted molar refractivity (Wildman–Crippen MR) is 62.7 cm³/mol. The Balaban J connectivity index is 1.88. The average Bonchev–Trinajstić information content (AvgIpc) is 2.76. The minimum atomic E-state index is -3.47. The Hall–Kier alpha value is -0.210. The number of aliphatic hydroxyl groups is 1. The molecule has 0 aromatic carbocycles. The van der Waals surface area contributed by atoms with Gasteiger partial charge >= 0.3 is 0 Å². The van der Waals surface area contributed by atoms with Gasteiger partial charge in [0.2, 0.25) is 0 Å². The molecule has 100 valence electrons. The molecular formula is C10H20N2O4S. The molecule has 2 fully saturated rings. The summed E-state index contributed by atoms with van der Waals surface area (Å²) in [6, 6.07) is 0. The Labute approximate surface area is 102 Å². The molecule has 2 aliphatic rings. The normalized spacial score (nSPS) is 26.2. The minimum absolute atomic E-state index is 0.118. The van der Waals surface area contributed by atoms with Crippen LogP contribution in [0.5, 0.6) is 0 Å². The molecule has 1 aliphatic carbocycles. The first-order valence-electron chi connectivity index (χ1n) is 6.07. The van der Waals surface area contributed by atoms with Crippen LogP contribution in [0.4, 0.5) is 0 Å². The average molecular weight is 264 g/mol. The molecule has 0 amide bonds. The van der Waals surface area contributed by atoms with E-state index in [1.54, 1.807) is 0 Å². The number of hydrogen-bond donors (Lipinski definition) is 2. The van der Waals surface area contributed by atoms with Gasteiger partial charge in [0.1, 0.15) is 0 Å². The molecule has 1 saturated heterocycles. The SMILES string of the molecule is O=S(=O)(NCC1(O)CCCC1)N1CCOCC1. The van der Waals surface area contributed by atoms with E-state index in [2.05, 4.69) is 4.72 Å². The maximum absolute atomic E-state index is 11.9. The maximum atomic E-state index is 11.9. The molecule has 1 saturated carbocycles. The van der Waals surface area contributed by atoms with Gasteiger partial charge in [-0.15, -0.1) is 0 Å². The smallest absolute Gasteiger partial charge is 0.279 e. The van der Waals surface area contributed by atoms with E-state index in [-0.39, 0.29) is 6.54 Å². The number of nitrogens with one attached hydrogen (secondary N) is 1. The van der Waals surface area contributed by atoms with Crippen LogP contribution in [0.25, 0.3) is 0 Å². The molecule has 2 N–H and O–H groups in total. The highest BCUT2D eigenvalue weighted by Gasteiger charge is 2.33. The van der Waals surface area contributed by atoms with Gasteiger partial charge in [-0.25, -0.2) is 0 Å². The lowest BCUT2D eigenvalue weighted by atomic mass is 10.0. The Kier molecular flexibility index (Phi) is 4.04. The van der Waals surface area contributed by atoms with E-state index in [0.29, 0.717) is 39.1 Å². The molecule has 0 bridgehead atoms. The van der Waals surface area contributed by atoms with Crippen LogP contribution in [-0.4, -0.2) is 56.3 Å². The van der Waals surface area contributed by atoms with Crippen LogP contribution >= 0.6 is 0 Å². The van der Waals surface area contributed by atoms with Gasteiger partial charge in [-0.2, -0.15) is 17.4 Å². The van der Waals surface area contributed by atoms with E-state index in [1.165, 1.54) is 4.31 Å². The molecule has 0 atom stereocenters. The van der Waals surface area contributed by atoms with Crippen LogP contribution in [0.3, 0.4) is 0 Å². The lowest BCUT2D eigenvalue weighted by Gasteiger charge is -2.28. The molecule has 0 spiro atoms. The summed E-state index contributed by atoms with van der Waals surface area (Å²) in [7, 11) is -3.47. The van der Waals surface area contributed by atoms with E-state index in [9.17, 15) is 13.5 Å². The lowest BCUT2D eigenvalue weighted by Crippen LogP contribution is -2.50. The number of morpholine rings is 1. The fourth-order valence-corrected chi connectivity index (χ4v) is 3.58. The van der Waals surface area contributed by atoms with E-state index < -0.39 is 15.8 Å². The Morgan fingerprint density at radius 3 is 2.41 bits per heavy atom. The quantitative estimate of drug-likeness (QED) is 0.714. The van der Waals surface area contributed by atoms with Gasteiger partial charge in [0, 0.05) is 19.6 Å². The van der Waals surface area contributed by atoms with Crippen LogP contribution in [0.15, 0.2) is 0 Å². The summed E-state index contributed by atoms with van der Waals surface area (Å²) >= 11 is 0. The van der Waals surface area contributed by atoms with Gasteiger partial charge in [0.25, 0.3) is 10.2 Å². The standard InChI is InChI=1S/C10H20N2O4S/c13-10(3-1-2-4-10)9-11-17(14,15)12-5-7-16-8-6-12/h11,13H,1-9H2. The molecular weight excluding hydrogens is 244 g/mol. The molecule has 17 heavy (non-hydrogen) atoms. The van der Waals surface area contributed by atoms with Crippen molar-refractivity contribution in [2.45, 2.75) is 31.3 Å². The first-order valence-corrected chi connectivity index (χ1v) is 7.51. The molecule has 7 heteroatoms. The summed E-state index contributed by atoms with van der Waals surface area (Å²) in [5.41, 5.74) is -0.848. The fourth-order valence-electron chi connectivity index (χ4n) is 2.31. The van der Waals surface area contributed by atoms with Crippen LogP contribution in [0, 0.1) is 0 Å². The van der Waals surface area contributed by atoms with E-state index in [1.807, 2.05) is 0 Å². The maximum Gasteiger partial charge on any atom is 0.279 e. The van der Waals surface area contributed by atoms with Gasteiger partial charge in [-0.1, -0.05) is 12.8 Å². The molecule has 1 aliphatic heterocycles. The highest BCUT2D eigenvalue weighted by molar-refractivity contribution is 7.87. The number of hydrogen-bond acceptors (Lipinski definition) is 4. The third-order valence-electron chi connectivity index (χ3n) is 3.43. The monoisotopic (exact) mass is 264 g/mol. The Morgan fingerprint density at radius 2 is 1.82 bits per heavy atom. The highest BCUT2D eigenvalue weighted by Crippen LogP contribution is 2.28. The van der Waals surface area contributed by atoms with Crippen molar-refractivity contribution in [3.05, 3.63) is 0 Å². The Morgan fingerprint density at radius 1 is 1.24 bits per heavy atom. The first-order chi connectivity index (χ1) is 8.02. The van der Waals surface area contributed by atoms with Crippen molar-refractivity contribution in [2.24, 2.45) is 0 Å². The second-order valence-corrected chi connectivity index (χ2v) is 6.52. The summed E-state index contributed by atoms with van der Waals surface area (Å²) in [6.45, 7) is 1.75. The summed E-state index contributed by atoms with van der Waals surface area (Å²) in [6.07, 6.45) is 3.29. The van der Waals surface area contributed by atoms with Crippen molar-refractivity contribution in [3.63, 3.8) is 0 Å². The highest BCUT2D eigenvalue weighted by atomic mass is 32.2. The lowest BCUT2D eigenvalue weighted by molar-refractivity contribution is 0.0509. The zero-order valence-corrected chi connectivity index (χ0v) is 10.7. The van der Waals surface area contributed by atoms with Gasteiger partial charge in [-0.05, 0) is 12.8 Å². The molecule has 1 heterocycles. The third-order valence-corrected chi connectivity index (χ3v) is 4.98. The number of ether oxygens (including phenoxy) is 1. The largest absolute Gasteiger partial charge is 0.389 e. The van der Waals surface area contributed by atoms with Gasteiger partial charge in [0.05, 0.1) is 18.8 Å².